The van der Waals surface area contributed by atoms with Crippen molar-refractivity contribution >= 4 is 11.9 Å². The van der Waals surface area contributed by atoms with Gasteiger partial charge in [-0.1, -0.05) is 32.6 Å². The van der Waals surface area contributed by atoms with Crippen molar-refractivity contribution in [3.05, 3.63) is 0 Å². The van der Waals surface area contributed by atoms with Gasteiger partial charge in [0.2, 0.25) is 0 Å². The van der Waals surface area contributed by atoms with Gasteiger partial charge in [0.25, 0.3) is 0 Å². The molecule has 0 aliphatic carbocycles. The summed E-state index contributed by atoms with van der Waals surface area (Å²) >= 11 is 0. The molecule has 5 nitrogen and oxygen atoms in total. The molecule has 1 heterocycles. The van der Waals surface area contributed by atoms with E-state index in [9.17, 15) is 9.59 Å². The molecule has 1 fully saturated rings. The van der Waals surface area contributed by atoms with Gasteiger partial charge < -0.3 is 14.2 Å². The summed E-state index contributed by atoms with van der Waals surface area (Å²) in [4.78, 5) is 24.9. The van der Waals surface area contributed by atoms with Crippen LogP contribution in [0.25, 0.3) is 0 Å². The molecular formula is C16H28O5. The molecule has 0 aromatic carbocycles. The van der Waals surface area contributed by atoms with Crippen molar-refractivity contribution in [3.63, 3.8) is 0 Å². The topological polar surface area (TPSA) is 65.1 Å². The zero-order chi connectivity index (χ0) is 15.7. The van der Waals surface area contributed by atoms with E-state index in [1.807, 2.05) is 0 Å². The number of carbonyl (C=O) groups is 2. The minimum atomic E-state index is -1.19. The van der Waals surface area contributed by atoms with Gasteiger partial charge in [-0.05, 0) is 20.3 Å². The molecule has 1 rings (SSSR count). The van der Waals surface area contributed by atoms with Crippen molar-refractivity contribution in [1.29, 1.82) is 0 Å². The van der Waals surface area contributed by atoms with Crippen LogP contribution in [0.15, 0.2) is 0 Å². The van der Waals surface area contributed by atoms with E-state index in [-0.39, 0.29) is 19.3 Å². The normalized spacial score (nSPS) is 17.4. The van der Waals surface area contributed by atoms with Gasteiger partial charge in [0.15, 0.2) is 5.41 Å². The summed E-state index contributed by atoms with van der Waals surface area (Å²) in [5.74, 6) is -0.925. The Morgan fingerprint density at radius 2 is 1.62 bits per heavy atom. The maximum atomic E-state index is 12.4. The van der Waals surface area contributed by atoms with Gasteiger partial charge in [-0.15, -0.1) is 0 Å². The smallest absolute Gasteiger partial charge is 0.323 e. The van der Waals surface area contributed by atoms with Crippen molar-refractivity contribution < 1.29 is 23.8 Å². The number of carbonyl (C=O) groups excluding carboxylic acids is 2. The van der Waals surface area contributed by atoms with E-state index in [0.29, 0.717) is 19.4 Å². The Labute approximate surface area is 127 Å². The van der Waals surface area contributed by atoms with Crippen LogP contribution in [0.5, 0.6) is 0 Å². The summed E-state index contributed by atoms with van der Waals surface area (Å²) in [5, 5.41) is 0. The lowest BCUT2D eigenvalue weighted by molar-refractivity contribution is -0.174. The fraction of sp³-hybridized carbons (Fsp3) is 0.875. The third-order valence-corrected chi connectivity index (χ3v) is 3.77. The van der Waals surface area contributed by atoms with Gasteiger partial charge in [-0.25, -0.2) is 0 Å². The van der Waals surface area contributed by atoms with E-state index in [2.05, 4.69) is 6.92 Å². The summed E-state index contributed by atoms with van der Waals surface area (Å²) < 4.78 is 15.6. The Balaban J connectivity index is 2.83. The molecule has 0 spiro atoms. The Morgan fingerprint density at radius 1 is 1.05 bits per heavy atom. The minimum Gasteiger partial charge on any atom is -0.465 e. The standard InChI is InChI=1S/C16H28O5/c1-4-7-8-9-10-16(11-13-12-21-13,14(17)19-5-2)15(18)20-6-3/h13H,4-12H2,1-3H3. The molecule has 0 aromatic rings. The maximum Gasteiger partial charge on any atom is 0.323 e. The van der Waals surface area contributed by atoms with E-state index in [1.165, 1.54) is 0 Å². The molecule has 0 bridgehead atoms. The lowest BCUT2D eigenvalue weighted by atomic mass is 9.78. The van der Waals surface area contributed by atoms with Crippen LogP contribution >= 0.6 is 0 Å². The quantitative estimate of drug-likeness (QED) is 0.254. The number of hydrogen-bond donors (Lipinski definition) is 0. The minimum absolute atomic E-state index is 0.0232. The number of esters is 2. The summed E-state index contributed by atoms with van der Waals surface area (Å²) in [7, 11) is 0. The summed E-state index contributed by atoms with van der Waals surface area (Å²) in [6.07, 6.45) is 4.85. The van der Waals surface area contributed by atoms with Crippen molar-refractivity contribution in [2.45, 2.75) is 65.4 Å². The molecule has 21 heavy (non-hydrogen) atoms. The van der Waals surface area contributed by atoms with Crippen LogP contribution in [-0.2, 0) is 23.8 Å². The molecule has 0 radical (unpaired) electrons. The average Bonchev–Trinajstić information content (AvgIpc) is 3.26. The van der Waals surface area contributed by atoms with Gasteiger partial charge in [-0.2, -0.15) is 0 Å². The van der Waals surface area contributed by atoms with Crippen molar-refractivity contribution in [2.75, 3.05) is 19.8 Å². The first kappa shape index (κ1) is 18.0. The molecule has 0 N–H and O–H groups in total. The zero-order valence-corrected chi connectivity index (χ0v) is 13.5. The number of epoxide rings is 1. The molecule has 0 aromatic heterocycles. The van der Waals surface area contributed by atoms with Gasteiger partial charge in [0, 0.05) is 6.42 Å². The van der Waals surface area contributed by atoms with Crippen LogP contribution in [0.2, 0.25) is 0 Å². The van der Waals surface area contributed by atoms with Crippen molar-refractivity contribution in [2.24, 2.45) is 5.41 Å². The van der Waals surface area contributed by atoms with E-state index < -0.39 is 17.4 Å². The van der Waals surface area contributed by atoms with Crippen LogP contribution in [-0.4, -0.2) is 37.9 Å². The van der Waals surface area contributed by atoms with E-state index >= 15 is 0 Å². The maximum absolute atomic E-state index is 12.4. The molecule has 5 heteroatoms. The van der Waals surface area contributed by atoms with Crippen molar-refractivity contribution in [3.8, 4) is 0 Å². The predicted octanol–water partition coefficient (Wildman–Crippen LogP) is 2.86. The third kappa shape index (κ3) is 5.30. The largest absolute Gasteiger partial charge is 0.465 e. The van der Waals surface area contributed by atoms with Gasteiger partial charge in [-0.3, -0.25) is 9.59 Å². The van der Waals surface area contributed by atoms with Crippen LogP contribution < -0.4 is 0 Å². The molecule has 1 aliphatic rings. The summed E-state index contributed by atoms with van der Waals surface area (Å²) in [6, 6.07) is 0. The molecule has 0 amide bonds. The highest BCUT2D eigenvalue weighted by molar-refractivity contribution is 6.00. The molecular weight excluding hydrogens is 272 g/mol. The fourth-order valence-electron chi connectivity index (χ4n) is 2.52. The molecule has 122 valence electrons. The number of unbranched alkanes of at least 4 members (excludes halogenated alkanes) is 3. The highest BCUT2D eigenvalue weighted by atomic mass is 16.6. The number of ether oxygens (including phenoxy) is 3. The first-order chi connectivity index (χ1) is 10.1. The SMILES string of the molecule is CCCCCCC(CC1CO1)(C(=O)OCC)C(=O)OCC. The Hall–Kier alpha value is -1.10. The Bertz CT molecular complexity index is 318. The second-order valence-corrected chi connectivity index (χ2v) is 5.49. The predicted molar refractivity (Wildman–Crippen MR) is 78.8 cm³/mol. The average molecular weight is 300 g/mol. The van der Waals surface area contributed by atoms with Crippen LogP contribution in [0, 0.1) is 5.41 Å². The number of rotatable bonds is 11. The molecule has 1 unspecified atom stereocenters. The van der Waals surface area contributed by atoms with Crippen LogP contribution in [0.4, 0.5) is 0 Å². The second kappa shape index (κ2) is 9.03. The Kier molecular flexibility index (Phi) is 7.72. The lowest BCUT2D eigenvalue weighted by Gasteiger charge is -2.28. The van der Waals surface area contributed by atoms with Crippen molar-refractivity contribution in [1.82, 2.24) is 0 Å². The van der Waals surface area contributed by atoms with Crippen LogP contribution in [0.1, 0.15) is 59.3 Å². The first-order valence-corrected chi connectivity index (χ1v) is 8.06. The van der Waals surface area contributed by atoms with Gasteiger partial charge >= 0.3 is 11.9 Å². The molecule has 1 aliphatic heterocycles. The van der Waals surface area contributed by atoms with E-state index in [1.54, 1.807) is 13.8 Å². The first-order valence-electron chi connectivity index (χ1n) is 8.06. The Morgan fingerprint density at radius 3 is 2.05 bits per heavy atom. The molecule has 1 saturated heterocycles. The highest BCUT2D eigenvalue weighted by Crippen LogP contribution is 2.38. The molecule has 1 atom stereocenters. The third-order valence-electron chi connectivity index (χ3n) is 3.77. The monoisotopic (exact) mass is 300 g/mol. The lowest BCUT2D eigenvalue weighted by Crippen LogP contribution is -2.43. The van der Waals surface area contributed by atoms with E-state index in [0.717, 1.165) is 25.7 Å². The second-order valence-electron chi connectivity index (χ2n) is 5.49. The fourth-order valence-corrected chi connectivity index (χ4v) is 2.52. The molecule has 0 saturated carbocycles. The van der Waals surface area contributed by atoms with Gasteiger partial charge in [0.1, 0.15) is 0 Å². The summed E-state index contributed by atoms with van der Waals surface area (Å²) in [5.41, 5.74) is -1.19. The highest BCUT2D eigenvalue weighted by Gasteiger charge is 2.51. The van der Waals surface area contributed by atoms with Crippen LogP contribution in [0.3, 0.4) is 0 Å². The summed E-state index contributed by atoms with van der Waals surface area (Å²) in [6.45, 7) is 6.76. The van der Waals surface area contributed by atoms with E-state index in [4.69, 9.17) is 14.2 Å². The number of hydrogen-bond acceptors (Lipinski definition) is 5. The van der Waals surface area contributed by atoms with Gasteiger partial charge in [0.05, 0.1) is 25.9 Å². The zero-order valence-electron chi connectivity index (χ0n) is 13.5.